The second kappa shape index (κ2) is 6.33. The zero-order chi connectivity index (χ0) is 15.7. The molecule has 2 N–H and O–H groups in total. The Labute approximate surface area is 139 Å². The number of rotatable bonds is 4. The Kier molecular flexibility index (Phi) is 5.09. The van der Waals surface area contributed by atoms with Gasteiger partial charge in [0, 0.05) is 35.0 Å². The lowest BCUT2D eigenvalue weighted by Crippen LogP contribution is -2.57. The molecule has 2 rings (SSSR count). The van der Waals surface area contributed by atoms with Crippen LogP contribution in [-0.2, 0) is 19.6 Å². The zero-order valence-corrected chi connectivity index (χ0v) is 14.8. The van der Waals surface area contributed by atoms with Crippen molar-refractivity contribution in [1.82, 2.24) is 4.72 Å². The summed E-state index contributed by atoms with van der Waals surface area (Å²) in [6.07, 6.45) is 0.181. The van der Waals surface area contributed by atoms with Gasteiger partial charge in [-0.05, 0) is 34.1 Å². The molecule has 1 aromatic carbocycles. The van der Waals surface area contributed by atoms with Crippen LogP contribution in [0.3, 0.4) is 0 Å². The first-order valence-electron chi connectivity index (χ1n) is 6.07. The summed E-state index contributed by atoms with van der Waals surface area (Å²) >= 11 is 6.38. The van der Waals surface area contributed by atoms with Crippen LogP contribution in [0.4, 0.5) is 0 Å². The molecule has 1 fully saturated rings. The topological polar surface area (TPSA) is 92.7 Å². The van der Waals surface area contributed by atoms with Crippen LogP contribution >= 0.6 is 31.9 Å². The number of carboxylic acids is 1. The second-order valence-electron chi connectivity index (χ2n) is 4.68. The minimum atomic E-state index is -3.98. The number of hydrogen-bond donors (Lipinski definition) is 2. The second-order valence-corrected chi connectivity index (χ2v) is 8.10. The largest absolute Gasteiger partial charge is 0.480 e. The van der Waals surface area contributed by atoms with Crippen LogP contribution in [0, 0.1) is 0 Å². The first-order chi connectivity index (χ1) is 9.77. The summed E-state index contributed by atoms with van der Waals surface area (Å²) in [5.74, 6) is -1.19. The molecule has 21 heavy (non-hydrogen) atoms. The quantitative estimate of drug-likeness (QED) is 0.744. The number of hydrogen-bond acceptors (Lipinski definition) is 4. The van der Waals surface area contributed by atoms with Crippen LogP contribution in [0.25, 0.3) is 0 Å². The predicted molar refractivity (Wildman–Crippen MR) is 82.6 cm³/mol. The molecule has 0 saturated carbocycles. The molecule has 0 atom stereocenters. The highest BCUT2D eigenvalue weighted by Crippen LogP contribution is 2.29. The Morgan fingerprint density at radius 2 is 1.90 bits per heavy atom. The van der Waals surface area contributed by atoms with Crippen molar-refractivity contribution in [3.8, 4) is 0 Å². The smallest absolute Gasteiger partial charge is 0.325 e. The van der Waals surface area contributed by atoms with E-state index in [1.54, 1.807) is 12.1 Å². The van der Waals surface area contributed by atoms with Crippen LogP contribution in [-0.4, -0.2) is 38.2 Å². The minimum absolute atomic E-state index is 0.0102. The third-order valence-electron chi connectivity index (χ3n) is 3.27. The van der Waals surface area contributed by atoms with Gasteiger partial charge in [0.05, 0.1) is 4.90 Å². The molecule has 1 heterocycles. The van der Waals surface area contributed by atoms with E-state index in [4.69, 9.17) is 4.74 Å². The number of carboxylic acid groups (broad SMARTS) is 1. The van der Waals surface area contributed by atoms with E-state index in [1.807, 2.05) is 0 Å². The van der Waals surface area contributed by atoms with Gasteiger partial charge in [-0.3, -0.25) is 4.79 Å². The number of aliphatic carboxylic acids is 1. The van der Waals surface area contributed by atoms with Crippen molar-refractivity contribution < 1.29 is 23.1 Å². The lowest BCUT2D eigenvalue weighted by atomic mass is 9.92. The first kappa shape index (κ1) is 16.9. The Hall–Kier alpha value is -0.480. The Bertz CT molecular complexity index is 656. The average Bonchev–Trinajstić information content (AvgIpc) is 2.42. The van der Waals surface area contributed by atoms with E-state index in [0.29, 0.717) is 8.95 Å². The fraction of sp³-hybridized carbons (Fsp3) is 0.417. The molecule has 0 amide bonds. The van der Waals surface area contributed by atoms with Crippen molar-refractivity contribution in [3.63, 3.8) is 0 Å². The van der Waals surface area contributed by atoms with E-state index in [0.717, 1.165) is 0 Å². The summed E-state index contributed by atoms with van der Waals surface area (Å²) in [4.78, 5) is 11.5. The summed E-state index contributed by atoms with van der Waals surface area (Å²) in [5.41, 5.74) is -1.53. The summed E-state index contributed by atoms with van der Waals surface area (Å²) in [7, 11) is -3.98. The lowest BCUT2D eigenvalue weighted by Gasteiger charge is -2.33. The highest BCUT2D eigenvalue weighted by atomic mass is 79.9. The van der Waals surface area contributed by atoms with Gasteiger partial charge in [0.2, 0.25) is 10.0 Å². The molecular formula is C12H13Br2NO5S. The van der Waals surface area contributed by atoms with Gasteiger partial charge in [-0.2, -0.15) is 4.72 Å². The van der Waals surface area contributed by atoms with Gasteiger partial charge in [0.15, 0.2) is 0 Å². The summed E-state index contributed by atoms with van der Waals surface area (Å²) in [6, 6.07) is 4.68. The van der Waals surface area contributed by atoms with E-state index in [9.17, 15) is 18.3 Å². The van der Waals surface area contributed by atoms with Crippen molar-refractivity contribution >= 4 is 47.9 Å². The van der Waals surface area contributed by atoms with E-state index in [2.05, 4.69) is 36.6 Å². The zero-order valence-electron chi connectivity index (χ0n) is 10.8. The van der Waals surface area contributed by atoms with Crippen LogP contribution in [0.5, 0.6) is 0 Å². The van der Waals surface area contributed by atoms with E-state index in [-0.39, 0.29) is 31.0 Å². The average molecular weight is 443 g/mol. The molecule has 1 aromatic rings. The molecule has 0 spiro atoms. The lowest BCUT2D eigenvalue weighted by molar-refractivity contribution is -0.147. The maximum atomic E-state index is 12.5. The fourth-order valence-corrected chi connectivity index (χ4v) is 5.00. The number of benzene rings is 1. The van der Waals surface area contributed by atoms with E-state index in [1.165, 1.54) is 6.07 Å². The van der Waals surface area contributed by atoms with Gasteiger partial charge in [-0.1, -0.05) is 15.9 Å². The molecule has 0 aliphatic carbocycles. The third kappa shape index (κ3) is 3.65. The van der Waals surface area contributed by atoms with Gasteiger partial charge < -0.3 is 9.84 Å². The van der Waals surface area contributed by atoms with Crippen LogP contribution in [0.15, 0.2) is 32.0 Å². The predicted octanol–water partition coefficient (Wildman–Crippen LogP) is 2.12. The normalized spacial score (nSPS) is 18.4. The standard InChI is InChI=1S/C12H13Br2NO5S/c13-8-1-2-9(14)10(7-8)21(18,19)15-12(11(16)17)3-5-20-6-4-12/h1-2,7,15H,3-6H2,(H,16,17). The van der Waals surface area contributed by atoms with Gasteiger partial charge in [-0.15, -0.1) is 0 Å². The maximum absolute atomic E-state index is 12.5. The van der Waals surface area contributed by atoms with Gasteiger partial charge in [0.25, 0.3) is 0 Å². The molecular weight excluding hydrogens is 430 g/mol. The van der Waals surface area contributed by atoms with Gasteiger partial charge >= 0.3 is 5.97 Å². The summed E-state index contributed by atoms with van der Waals surface area (Å²) < 4.78 is 33.4. The summed E-state index contributed by atoms with van der Waals surface area (Å²) in [5, 5.41) is 9.42. The molecule has 1 saturated heterocycles. The molecule has 9 heteroatoms. The third-order valence-corrected chi connectivity index (χ3v) is 6.29. The molecule has 0 aromatic heterocycles. The number of sulfonamides is 1. The van der Waals surface area contributed by atoms with Gasteiger partial charge in [-0.25, -0.2) is 8.42 Å². The molecule has 116 valence electrons. The number of halogens is 2. The molecule has 0 unspecified atom stereocenters. The number of nitrogens with one attached hydrogen (secondary N) is 1. The van der Waals surface area contributed by atoms with Crippen LogP contribution in [0.1, 0.15) is 12.8 Å². The Morgan fingerprint density at radius 3 is 2.48 bits per heavy atom. The maximum Gasteiger partial charge on any atom is 0.325 e. The van der Waals surface area contributed by atoms with Crippen molar-refractivity contribution in [2.45, 2.75) is 23.3 Å². The fourth-order valence-electron chi connectivity index (χ4n) is 2.07. The summed E-state index contributed by atoms with van der Waals surface area (Å²) in [6.45, 7) is 0.406. The van der Waals surface area contributed by atoms with Crippen molar-refractivity contribution in [2.24, 2.45) is 0 Å². The van der Waals surface area contributed by atoms with Crippen molar-refractivity contribution in [1.29, 1.82) is 0 Å². The van der Waals surface area contributed by atoms with Gasteiger partial charge in [0.1, 0.15) is 5.54 Å². The molecule has 1 aliphatic rings. The Balaban J connectivity index is 2.39. The number of carbonyl (C=O) groups is 1. The van der Waals surface area contributed by atoms with Crippen LogP contribution < -0.4 is 4.72 Å². The highest BCUT2D eigenvalue weighted by molar-refractivity contribution is 9.11. The molecule has 1 aliphatic heterocycles. The monoisotopic (exact) mass is 441 g/mol. The Morgan fingerprint density at radius 1 is 1.29 bits per heavy atom. The SMILES string of the molecule is O=C(O)C1(NS(=O)(=O)c2cc(Br)ccc2Br)CCOCC1. The van der Waals surface area contributed by atoms with E-state index >= 15 is 0 Å². The molecule has 0 bridgehead atoms. The van der Waals surface area contributed by atoms with Crippen LogP contribution in [0.2, 0.25) is 0 Å². The number of ether oxygens (including phenoxy) is 1. The highest BCUT2D eigenvalue weighted by Gasteiger charge is 2.44. The molecule has 0 radical (unpaired) electrons. The van der Waals surface area contributed by atoms with E-state index < -0.39 is 21.5 Å². The molecule has 6 nitrogen and oxygen atoms in total. The van der Waals surface area contributed by atoms with Crippen molar-refractivity contribution in [2.75, 3.05) is 13.2 Å². The minimum Gasteiger partial charge on any atom is -0.480 e. The first-order valence-corrected chi connectivity index (χ1v) is 9.14. The van der Waals surface area contributed by atoms with Crippen molar-refractivity contribution in [3.05, 3.63) is 27.1 Å².